The third-order valence-electron chi connectivity index (χ3n) is 0.662. The Hall–Kier alpha value is -0.780. The van der Waals surface area contributed by atoms with Crippen LogP contribution in [0.3, 0.4) is 0 Å². The van der Waals surface area contributed by atoms with Gasteiger partial charge >= 0.3 is 0 Å². The van der Waals surface area contributed by atoms with Crippen LogP contribution >= 0.6 is 0 Å². The van der Waals surface area contributed by atoms with Crippen LogP contribution in [0, 0.1) is 6.42 Å². The fraction of sp³-hybridized carbons (Fsp3) is 0.125. The van der Waals surface area contributed by atoms with Crippen LogP contribution < -0.4 is 0 Å². The molecule has 0 heterocycles. The molecule has 0 saturated heterocycles. The maximum absolute atomic E-state index is 3.53. The minimum atomic E-state index is 1.75. The van der Waals surface area contributed by atoms with Crippen molar-refractivity contribution < 1.29 is 0 Å². The first-order valence-corrected chi connectivity index (χ1v) is 2.65. The fourth-order valence-electron chi connectivity index (χ4n) is 0.318. The van der Waals surface area contributed by atoms with Gasteiger partial charge in [-0.2, -0.15) is 0 Å². The van der Waals surface area contributed by atoms with Crippen LogP contribution in [0.4, 0.5) is 0 Å². The number of hydrogen-bond donors (Lipinski definition) is 0. The first kappa shape index (κ1) is 7.22. The van der Waals surface area contributed by atoms with Gasteiger partial charge in [0.15, 0.2) is 0 Å². The molecule has 43 valence electrons. The largest absolute Gasteiger partial charge is 0.0991 e. The number of hydrogen-bond acceptors (Lipinski definition) is 0. The smallest absolute Gasteiger partial charge is 0.0198 e. The number of rotatable bonds is 3. The Bertz CT molecular complexity index is 96.6. The van der Waals surface area contributed by atoms with Gasteiger partial charge in [0.25, 0.3) is 0 Å². The van der Waals surface area contributed by atoms with Crippen LogP contribution in [0.5, 0.6) is 0 Å². The van der Waals surface area contributed by atoms with Gasteiger partial charge < -0.3 is 0 Å². The summed E-state index contributed by atoms with van der Waals surface area (Å²) in [6, 6.07) is 0. The molecule has 0 aromatic carbocycles. The van der Waals surface area contributed by atoms with Gasteiger partial charge in [-0.3, -0.25) is 0 Å². The second-order valence-electron chi connectivity index (χ2n) is 1.34. The molecule has 0 aliphatic heterocycles. The third-order valence-corrected chi connectivity index (χ3v) is 0.662. The molecule has 0 saturated carbocycles. The van der Waals surface area contributed by atoms with Crippen molar-refractivity contribution in [1.29, 1.82) is 0 Å². The van der Waals surface area contributed by atoms with Crippen LogP contribution in [-0.4, -0.2) is 0 Å². The van der Waals surface area contributed by atoms with Crippen molar-refractivity contribution in [2.24, 2.45) is 0 Å². The van der Waals surface area contributed by atoms with E-state index in [9.17, 15) is 0 Å². The molecule has 8 heavy (non-hydrogen) atoms. The van der Waals surface area contributed by atoms with Gasteiger partial charge in [0, 0.05) is 0 Å². The van der Waals surface area contributed by atoms with Crippen molar-refractivity contribution in [3.63, 3.8) is 0 Å². The van der Waals surface area contributed by atoms with E-state index in [1.54, 1.807) is 6.08 Å². The van der Waals surface area contributed by atoms with Crippen LogP contribution in [-0.2, 0) is 0 Å². The summed E-state index contributed by atoms with van der Waals surface area (Å²) in [7, 11) is 0. The molecule has 0 aromatic rings. The maximum Gasteiger partial charge on any atom is -0.0198 e. The van der Waals surface area contributed by atoms with Crippen LogP contribution in [0.15, 0.2) is 37.0 Å². The molecule has 0 rings (SSSR count). The highest BCUT2D eigenvalue weighted by atomic mass is 13.7. The molecule has 0 amide bonds. The lowest BCUT2D eigenvalue weighted by Gasteiger charge is -1.71. The Morgan fingerprint density at radius 3 is 2.12 bits per heavy atom. The van der Waals surface area contributed by atoms with Crippen molar-refractivity contribution >= 4 is 0 Å². The first-order chi connectivity index (χ1) is 3.91. The Kier molecular flexibility index (Phi) is 5.61. The summed E-state index contributed by atoms with van der Waals surface area (Å²) in [5.74, 6) is 0. The number of allylic oxidation sites excluding steroid dienone is 5. The summed E-state index contributed by atoms with van der Waals surface area (Å²) in [4.78, 5) is 0. The monoisotopic (exact) mass is 107 g/mol. The van der Waals surface area contributed by atoms with Gasteiger partial charge in [0.1, 0.15) is 0 Å². The van der Waals surface area contributed by atoms with E-state index in [1.807, 2.05) is 37.6 Å². The molecule has 0 unspecified atom stereocenters. The molecule has 1 radical (unpaired) electrons. The van der Waals surface area contributed by atoms with Crippen LogP contribution in [0.2, 0.25) is 0 Å². The van der Waals surface area contributed by atoms with Crippen molar-refractivity contribution in [3.05, 3.63) is 43.4 Å². The summed E-state index contributed by atoms with van der Waals surface area (Å²) < 4.78 is 0. The second-order valence-corrected chi connectivity index (χ2v) is 1.34. The van der Waals surface area contributed by atoms with Gasteiger partial charge in [-0.1, -0.05) is 43.9 Å². The molecule has 0 nitrogen and oxygen atoms in total. The van der Waals surface area contributed by atoms with E-state index in [1.165, 1.54) is 0 Å². The van der Waals surface area contributed by atoms with E-state index in [2.05, 4.69) is 6.58 Å². The van der Waals surface area contributed by atoms with E-state index < -0.39 is 0 Å². The van der Waals surface area contributed by atoms with Gasteiger partial charge in [0.05, 0.1) is 0 Å². The van der Waals surface area contributed by atoms with Crippen molar-refractivity contribution in [3.8, 4) is 0 Å². The Labute approximate surface area is 51.2 Å². The normalized spacial score (nSPS) is 11.1. The quantitative estimate of drug-likeness (QED) is 0.486. The molecule has 0 aromatic heterocycles. The van der Waals surface area contributed by atoms with E-state index in [-0.39, 0.29) is 0 Å². The van der Waals surface area contributed by atoms with Crippen molar-refractivity contribution in [1.82, 2.24) is 0 Å². The zero-order valence-electron chi connectivity index (χ0n) is 5.17. The lowest BCUT2D eigenvalue weighted by Crippen LogP contribution is -1.51. The standard InChI is InChI=1S/C8H11/c1-3-5-7-8-6-4-2/h3-8H,1H2,2H3/b7-5-,8-6-. The molecule has 0 bridgehead atoms. The lowest BCUT2D eigenvalue weighted by molar-refractivity contribution is 1.56. The Morgan fingerprint density at radius 1 is 1.00 bits per heavy atom. The summed E-state index contributed by atoms with van der Waals surface area (Å²) in [6.07, 6.45) is 11.5. The van der Waals surface area contributed by atoms with Gasteiger partial charge in [-0.25, -0.2) is 0 Å². The molecular formula is C8H11. The molecular weight excluding hydrogens is 96.1 g/mol. The summed E-state index contributed by atoms with van der Waals surface area (Å²) in [6.45, 7) is 5.51. The predicted molar refractivity (Wildman–Crippen MR) is 38.5 cm³/mol. The average molecular weight is 107 g/mol. The Balaban J connectivity index is 3.26. The molecule has 0 fully saturated rings. The highest BCUT2D eigenvalue weighted by Gasteiger charge is 1.59. The van der Waals surface area contributed by atoms with E-state index in [4.69, 9.17) is 0 Å². The Morgan fingerprint density at radius 2 is 1.62 bits per heavy atom. The van der Waals surface area contributed by atoms with Crippen LogP contribution in [0.25, 0.3) is 0 Å². The minimum absolute atomic E-state index is 1.75. The first-order valence-electron chi connectivity index (χ1n) is 2.65. The average Bonchev–Trinajstić information content (AvgIpc) is 1.81. The summed E-state index contributed by atoms with van der Waals surface area (Å²) in [5.41, 5.74) is 0. The predicted octanol–water partition coefficient (Wildman–Crippen LogP) is 2.51. The summed E-state index contributed by atoms with van der Waals surface area (Å²) >= 11 is 0. The third kappa shape index (κ3) is 5.22. The molecule has 0 aliphatic carbocycles. The highest BCUT2D eigenvalue weighted by Crippen LogP contribution is 1.79. The van der Waals surface area contributed by atoms with Crippen molar-refractivity contribution in [2.45, 2.75) is 6.92 Å². The van der Waals surface area contributed by atoms with Gasteiger partial charge in [-0.05, 0) is 6.42 Å². The zero-order valence-corrected chi connectivity index (χ0v) is 5.17. The molecule has 0 heteroatoms. The zero-order chi connectivity index (χ0) is 6.24. The summed E-state index contributed by atoms with van der Waals surface area (Å²) in [5, 5.41) is 0. The maximum atomic E-state index is 3.53. The topological polar surface area (TPSA) is 0 Å². The highest BCUT2D eigenvalue weighted by molar-refractivity contribution is 5.10. The van der Waals surface area contributed by atoms with Gasteiger partial charge in [-0.15, -0.1) is 0 Å². The molecule has 0 N–H and O–H groups in total. The van der Waals surface area contributed by atoms with Crippen molar-refractivity contribution in [2.75, 3.05) is 0 Å². The fourth-order valence-corrected chi connectivity index (χ4v) is 0.318. The van der Waals surface area contributed by atoms with Crippen LogP contribution in [0.1, 0.15) is 6.92 Å². The molecule has 0 spiro atoms. The SMILES string of the molecule is C=C/C=C\C=C/[CH]C. The molecule has 0 atom stereocenters. The van der Waals surface area contributed by atoms with Gasteiger partial charge in [0.2, 0.25) is 0 Å². The van der Waals surface area contributed by atoms with E-state index in [0.717, 1.165) is 0 Å². The van der Waals surface area contributed by atoms with E-state index in [0.29, 0.717) is 0 Å². The second kappa shape index (κ2) is 6.22. The minimum Gasteiger partial charge on any atom is -0.0991 e. The molecule has 0 aliphatic rings. The van der Waals surface area contributed by atoms with E-state index >= 15 is 0 Å². The lowest BCUT2D eigenvalue weighted by atomic mass is 10.4.